The Morgan fingerprint density at radius 1 is 1.23 bits per heavy atom. The van der Waals surface area contributed by atoms with Crippen LogP contribution in [0.4, 0.5) is 21.7 Å². The van der Waals surface area contributed by atoms with E-state index < -0.39 is 11.9 Å². The molecule has 9 heteroatoms. The van der Waals surface area contributed by atoms with Gasteiger partial charge in [0.25, 0.3) is 5.91 Å². The summed E-state index contributed by atoms with van der Waals surface area (Å²) in [6.07, 6.45) is 2.84. The molecule has 0 spiro atoms. The monoisotopic (exact) mass is 418 g/mol. The van der Waals surface area contributed by atoms with Gasteiger partial charge in [-0.3, -0.25) is 4.79 Å². The van der Waals surface area contributed by atoms with E-state index in [9.17, 15) is 9.18 Å². The van der Waals surface area contributed by atoms with Crippen LogP contribution in [0.2, 0.25) is 0 Å². The van der Waals surface area contributed by atoms with Crippen molar-refractivity contribution in [2.45, 2.75) is 34.6 Å². The van der Waals surface area contributed by atoms with Crippen molar-refractivity contribution >= 4 is 23.2 Å². The van der Waals surface area contributed by atoms with E-state index in [0.29, 0.717) is 50.2 Å². The number of pyridine rings is 1. The molecule has 0 atom stereocenters. The molecule has 3 heterocycles. The quantitative estimate of drug-likeness (QED) is 0.717. The van der Waals surface area contributed by atoms with Gasteiger partial charge in [-0.2, -0.15) is 4.39 Å². The van der Waals surface area contributed by atoms with Gasteiger partial charge in [0.05, 0.1) is 30.8 Å². The molecule has 0 bridgehead atoms. The van der Waals surface area contributed by atoms with Gasteiger partial charge in [0.15, 0.2) is 0 Å². The third-order valence-corrected chi connectivity index (χ3v) is 4.11. The summed E-state index contributed by atoms with van der Waals surface area (Å²) in [5.41, 5.74) is 1.26. The highest BCUT2D eigenvalue weighted by Crippen LogP contribution is 2.27. The van der Waals surface area contributed by atoms with E-state index in [1.165, 1.54) is 24.5 Å². The topological polar surface area (TPSA) is 92.3 Å². The Morgan fingerprint density at radius 2 is 1.93 bits per heavy atom. The van der Waals surface area contributed by atoms with Crippen LogP contribution in [0.15, 0.2) is 24.5 Å². The molecule has 2 N–H and O–H groups in total. The molecule has 3 rings (SSSR count). The van der Waals surface area contributed by atoms with Crippen molar-refractivity contribution in [1.82, 2.24) is 15.0 Å². The van der Waals surface area contributed by atoms with Crippen LogP contribution in [0.25, 0.3) is 0 Å². The molecule has 0 aromatic carbocycles. The second kappa shape index (κ2) is 10.8. The molecule has 2 aromatic rings. The van der Waals surface area contributed by atoms with Crippen molar-refractivity contribution in [1.29, 1.82) is 0 Å². The standard InChI is InChI=1S/C19H25FN6O2.C2H6/c1-19(2,3)12-23-18-21-5-4-13(25-18)17(27)24-14-11-22-16(20)10-15(14)26-6-8-28-9-7-26;1-2/h4-5,10-11H,6-9,12H2,1-3H3,(H,24,27)(H,21,23,25);1-2H3. The predicted molar refractivity (Wildman–Crippen MR) is 117 cm³/mol. The molecule has 1 amide bonds. The van der Waals surface area contributed by atoms with Crippen molar-refractivity contribution in [3.8, 4) is 0 Å². The summed E-state index contributed by atoms with van der Waals surface area (Å²) in [6, 6.07) is 2.85. The average molecular weight is 419 g/mol. The van der Waals surface area contributed by atoms with E-state index in [4.69, 9.17) is 4.74 Å². The second-order valence-electron chi connectivity index (χ2n) is 7.76. The average Bonchev–Trinajstić information content (AvgIpc) is 2.75. The van der Waals surface area contributed by atoms with Gasteiger partial charge in [-0.1, -0.05) is 34.6 Å². The highest BCUT2D eigenvalue weighted by molar-refractivity contribution is 6.04. The lowest BCUT2D eigenvalue weighted by atomic mass is 9.97. The normalized spacial score (nSPS) is 13.9. The van der Waals surface area contributed by atoms with Gasteiger partial charge in [-0.05, 0) is 11.5 Å². The van der Waals surface area contributed by atoms with E-state index in [2.05, 4.69) is 46.4 Å². The van der Waals surface area contributed by atoms with Crippen molar-refractivity contribution < 1.29 is 13.9 Å². The number of morpholine rings is 1. The van der Waals surface area contributed by atoms with Crippen molar-refractivity contribution in [3.05, 3.63) is 36.2 Å². The van der Waals surface area contributed by atoms with Crippen LogP contribution in [0.1, 0.15) is 45.1 Å². The minimum atomic E-state index is -0.602. The van der Waals surface area contributed by atoms with Crippen molar-refractivity contribution in [3.63, 3.8) is 0 Å². The number of carbonyl (C=O) groups is 1. The molecule has 30 heavy (non-hydrogen) atoms. The summed E-state index contributed by atoms with van der Waals surface area (Å²) in [6.45, 7) is 13.3. The molecule has 2 aromatic heterocycles. The predicted octanol–water partition coefficient (Wildman–Crippen LogP) is 3.58. The fourth-order valence-electron chi connectivity index (χ4n) is 2.68. The zero-order chi connectivity index (χ0) is 22.1. The van der Waals surface area contributed by atoms with Crippen LogP contribution in [0, 0.1) is 11.4 Å². The Labute approximate surface area is 177 Å². The number of nitrogens with zero attached hydrogens (tertiary/aromatic N) is 4. The lowest BCUT2D eigenvalue weighted by molar-refractivity contribution is 0.102. The first-order valence-electron chi connectivity index (χ1n) is 10.2. The van der Waals surface area contributed by atoms with Gasteiger partial charge in [0, 0.05) is 31.9 Å². The number of carbonyl (C=O) groups excluding carboxylic acids is 1. The highest BCUT2D eigenvalue weighted by Gasteiger charge is 2.19. The summed E-state index contributed by atoms with van der Waals surface area (Å²) in [5.74, 6) is -0.632. The number of nitrogens with one attached hydrogen (secondary N) is 2. The fraction of sp³-hybridized carbons (Fsp3) is 0.524. The zero-order valence-electron chi connectivity index (χ0n) is 18.3. The fourth-order valence-corrected chi connectivity index (χ4v) is 2.68. The third-order valence-electron chi connectivity index (χ3n) is 4.11. The molecular weight excluding hydrogens is 387 g/mol. The van der Waals surface area contributed by atoms with E-state index in [1.807, 2.05) is 18.7 Å². The van der Waals surface area contributed by atoms with Gasteiger partial charge in [0.2, 0.25) is 11.9 Å². The maximum absolute atomic E-state index is 13.7. The Balaban J connectivity index is 0.00000155. The molecule has 0 aliphatic carbocycles. The smallest absolute Gasteiger partial charge is 0.274 e. The van der Waals surface area contributed by atoms with Gasteiger partial charge < -0.3 is 20.3 Å². The summed E-state index contributed by atoms with van der Waals surface area (Å²) in [4.78, 5) is 26.7. The number of hydrogen-bond donors (Lipinski definition) is 2. The SMILES string of the molecule is CC.CC(C)(C)CNc1nccc(C(=O)Nc2cnc(F)cc2N2CCOCC2)n1. The minimum Gasteiger partial charge on any atom is -0.378 e. The summed E-state index contributed by atoms with van der Waals surface area (Å²) >= 11 is 0. The largest absolute Gasteiger partial charge is 0.378 e. The number of hydrogen-bond acceptors (Lipinski definition) is 7. The second-order valence-corrected chi connectivity index (χ2v) is 7.76. The molecule has 1 aliphatic rings. The molecule has 1 fully saturated rings. The lowest BCUT2D eigenvalue weighted by Crippen LogP contribution is -2.37. The van der Waals surface area contributed by atoms with Crippen molar-refractivity contribution in [2.75, 3.05) is 48.4 Å². The molecule has 164 valence electrons. The molecule has 0 radical (unpaired) electrons. The van der Waals surface area contributed by atoms with Gasteiger partial charge in [-0.25, -0.2) is 15.0 Å². The first-order valence-corrected chi connectivity index (χ1v) is 10.2. The van der Waals surface area contributed by atoms with Crippen LogP contribution in [0.5, 0.6) is 0 Å². The molecule has 1 aliphatic heterocycles. The number of aromatic nitrogens is 3. The number of halogens is 1. The van der Waals surface area contributed by atoms with Crippen LogP contribution >= 0.6 is 0 Å². The van der Waals surface area contributed by atoms with Crippen LogP contribution < -0.4 is 15.5 Å². The summed E-state index contributed by atoms with van der Waals surface area (Å²) in [7, 11) is 0. The Bertz CT molecular complexity index is 834. The maximum atomic E-state index is 13.7. The van der Waals surface area contributed by atoms with Crippen LogP contribution in [-0.2, 0) is 4.74 Å². The van der Waals surface area contributed by atoms with E-state index in [-0.39, 0.29) is 11.1 Å². The Kier molecular flexibility index (Phi) is 8.46. The zero-order valence-corrected chi connectivity index (χ0v) is 18.3. The Morgan fingerprint density at radius 3 is 2.60 bits per heavy atom. The first kappa shape index (κ1) is 23.5. The molecule has 0 saturated carbocycles. The molecular formula is C21H31FN6O2. The van der Waals surface area contributed by atoms with Gasteiger partial charge >= 0.3 is 0 Å². The van der Waals surface area contributed by atoms with Crippen molar-refractivity contribution in [2.24, 2.45) is 5.41 Å². The number of anilines is 3. The van der Waals surface area contributed by atoms with Crippen LogP contribution in [0.3, 0.4) is 0 Å². The lowest BCUT2D eigenvalue weighted by Gasteiger charge is -2.30. The van der Waals surface area contributed by atoms with Gasteiger partial charge in [0.1, 0.15) is 5.69 Å². The van der Waals surface area contributed by atoms with Gasteiger partial charge in [-0.15, -0.1) is 0 Å². The number of ether oxygens (including phenoxy) is 1. The minimum absolute atomic E-state index is 0.0501. The molecule has 8 nitrogen and oxygen atoms in total. The summed E-state index contributed by atoms with van der Waals surface area (Å²) < 4.78 is 19.0. The molecule has 1 saturated heterocycles. The summed E-state index contributed by atoms with van der Waals surface area (Å²) in [5, 5.41) is 5.91. The third kappa shape index (κ3) is 6.91. The number of amides is 1. The highest BCUT2D eigenvalue weighted by atomic mass is 19.1. The Hall–Kier alpha value is -2.81. The maximum Gasteiger partial charge on any atom is 0.274 e. The molecule has 0 unspecified atom stereocenters. The van der Waals surface area contributed by atoms with Crippen LogP contribution in [-0.4, -0.2) is 53.7 Å². The van der Waals surface area contributed by atoms with E-state index in [1.54, 1.807) is 0 Å². The number of rotatable bonds is 5. The van der Waals surface area contributed by atoms with E-state index in [0.717, 1.165) is 0 Å². The first-order chi connectivity index (χ1) is 14.3. The van der Waals surface area contributed by atoms with E-state index >= 15 is 0 Å².